The van der Waals surface area contributed by atoms with Crippen LogP contribution in [0.25, 0.3) is 0 Å². The zero-order valence-corrected chi connectivity index (χ0v) is 33.3. The van der Waals surface area contributed by atoms with Crippen LogP contribution in [0.1, 0.15) is 49.9 Å². The minimum absolute atomic E-state index is 0.0486. The third kappa shape index (κ3) is 14.6. The summed E-state index contributed by atoms with van der Waals surface area (Å²) in [6.07, 6.45) is -0.668. The topological polar surface area (TPSA) is 152 Å². The molecule has 0 aromatic heterocycles. The molecule has 0 bridgehead atoms. The maximum absolute atomic E-state index is 14.7. The molecule has 4 N–H and O–H groups in total. The van der Waals surface area contributed by atoms with Crippen molar-refractivity contribution >= 4 is 34.8 Å². The molecule has 12 heteroatoms. The van der Waals surface area contributed by atoms with Crippen molar-refractivity contribution in [3.63, 3.8) is 0 Å². The van der Waals surface area contributed by atoms with E-state index in [0.717, 1.165) is 22.3 Å². The maximum atomic E-state index is 14.7. The summed E-state index contributed by atoms with van der Waals surface area (Å²) in [4.78, 5) is 52.7. The van der Waals surface area contributed by atoms with Crippen LogP contribution in [0.3, 0.4) is 0 Å². The highest BCUT2D eigenvalue weighted by molar-refractivity contribution is 7.86. The average Bonchev–Trinajstić information content (AvgIpc) is 3.21. The van der Waals surface area contributed by atoms with E-state index in [1.807, 2.05) is 149 Å². The summed E-state index contributed by atoms with van der Waals surface area (Å²) in [6, 6.07) is 35.9. The van der Waals surface area contributed by atoms with E-state index in [1.165, 1.54) is 0 Å². The van der Waals surface area contributed by atoms with Crippen molar-refractivity contribution in [2.24, 2.45) is 11.8 Å². The third-order valence-corrected chi connectivity index (χ3v) is 11.1. The molecule has 0 fully saturated rings. The summed E-state index contributed by atoms with van der Waals surface area (Å²) in [6.45, 7) is 7.50. The van der Waals surface area contributed by atoms with Gasteiger partial charge in [-0.15, -0.1) is 0 Å². The van der Waals surface area contributed by atoms with E-state index >= 15 is 0 Å². The van der Waals surface area contributed by atoms with Crippen LogP contribution in [-0.2, 0) is 55.9 Å². The molecule has 0 radical (unpaired) electrons. The van der Waals surface area contributed by atoms with Gasteiger partial charge in [0.25, 0.3) is 0 Å². The van der Waals surface area contributed by atoms with Crippen LogP contribution >= 0.6 is 0 Å². The van der Waals surface area contributed by atoms with Crippen LogP contribution in [0.2, 0.25) is 0 Å². The van der Waals surface area contributed by atoms with Crippen LogP contribution in [0, 0.1) is 11.8 Å². The van der Waals surface area contributed by atoms with Gasteiger partial charge in [0.15, 0.2) is 0 Å². The monoisotopic (exact) mass is 782 g/mol. The van der Waals surface area contributed by atoms with Gasteiger partial charge in [-0.1, -0.05) is 149 Å². The minimum Gasteiger partial charge on any atom is -0.445 e. The molecule has 0 aliphatic carbocycles. The van der Waals surface area contributed by atoms with Crippen LogP contribution in [0.5, 0.6) is 0 Å². The van der Waals surface area contributed by atoms with Crippen molar-refractivity contribution in [3.05, 3.63) is 144 Å². The molecule has 1 unspecified atom stereocenters. The fourth-order valence-corrected chi connectivity index (χ4v) is 7.75. The summed E-state index contributed by atoms with van der Waals surface area (Å²) in [5.41, 5.74) is 3.50. The number of ether oxygens (including phenoxy) is 2. The number of amides is 4. The number of hydrogen-bond acceptors (Lipinski definition) is 7. The lowest BCUT2D eigenvalue weighted by Crippen LogP contribution is -2.53. The van der Waals surface area contributed by atoms with Crippen molar-refractivity contribution in [3.8, 4) is 0 Å². The lowest BCUT2D eigenvalue weighted by molar-refractivity contribution is -0.124. The highest BCUT2D eigenvalue weighted by atomic mass is 32.2. The van der Waals surface area contributed by atoms with E-state index in [-0.39, 0.29) is 38.1 Å². The molecule has 0 spiro atoms. The number of rotatable bonds is 20. The number of benzene rings is 4. The molecule has 5 atom stereocenters. The standard InChI is InChI=1S/C44H54N4O7S/c1-31(2)39(47-43(51)54-29-35-21-13-7-14-22-35)41(49)45-27-37(25-33-17-9-5-10-18-33)56(53)38(26-34-19-11-6-12-20-34)28-46-42(50)40(32(3)4)48-44(52)55-30-36-23-15-8-16-24-36/h5-24,31-32,37-40H,25-30H2,1-4H3,(H,45,49)(H,46,50)(H,47,51)(H,48,52)/t37-,38+,39-,40-,56?/m0/s1. The summed E-state index contributed by atoms with van der Waals surface area (Å²) in [5, 5.41) is 10.2. The first-order valence-corrected chi connectivity index (χ1v) is 20.2. The second-order valence-electron chi connectivity index (χ2n) is 14.3. The second kappa shape index (κ2) is 22.8. The molecule has 0 heterocycles. The third-order valence-electron chi connectivity index (χ3n) is 9.15. The fourth-order valence-electron chi connectivity index (χ4n) is 6.00. The summed E-state index contributed by atoms with van der Waals surface area (Å²) in [7, 11) is -1.60. The number of hydrogen-bond donors (Lipinski definition) is 4. The Morgan fingerprint density at radius 3 is 1.11 bits per heavy atom. The molecule has 56 heavy (non-hydrogen) atoms. The quantitative estimate of drug-likeness (QED) is 0.0847. The predicted molar refractivity (Wildman–Crippen MR) is 219 cm³/mol. The lowest BCUT2D eigenvalue weighted by Gasteiger charge is -2.27. The molecule has 298 valence electrons. The van der Waals surface area contributed by atoms with Crippen LogP contribution in [-0.4, -0.2) is 63.9 Å². The van der Waals surface area contributed by atoms with Crippen molar-refractivity contribution in [1.29, 1.82) is 0 Å². The summed E-state index contributed by atoms with van der Waals surface area (Å²) in [5.74, 6) is -1.39. The Hall–Kier alpha value is -5.49. The van der Waals surface area contributed by atoms with Crippen molar-refractivity contribution in [2.45, 2.75) is 76.3 Å². The average molecular weight is 783 g/mol. The highest BCUT2D eigenvalue weighted by Crippen LogP contribution is 2.17. The molecule has 11 nitrogen and oxygen atoms in total. The molecule has 0 saturated heterocycles. The summed E-state index contributed by atoms with van der Waals surface area (Å²) < 4.78 is 25.5. The van der Waals surface area contributed by atoms with Crippen LogP contribution < -0.4 is 21.3 Å². The SMILES string of the molecule is CC(C)[C@H](NC(=O)OCc1ccccc1)C(=O)NC[C@H](Cc1ccccc1)S(=O)[C@@H](CNC(=O)[C@@H](NC(=O)OCc1ccccc1)C(C)C)Cc1ccccc1. The molecule has 0 aliphatic rings. The molecular weight excluding hydrogens is 729 g/mol. The molecule has 4 aromatic rings. The van der Waals surface area contributed by atoms with E-state index in [2.05, 4.69) is 21.3 Å². The first-order valence-electron chi connectivity index (χ1n) is 19.0. The van der Waals surface area contributed by atoms with Gasteiger partial charge in [0.2, 0.25) is 11.8 Å². The van der Waals surface area contributed by atoms with Gasteiger partial charge in [-0.05, 0) is 46.9 Å². The Kier molecular flexibility index (Phi) is 17.6. The smallest absolute Gasteiger partial charge is 0.408 e. The van der Waals surface area contributed by atoms with Crippen LogP contribution in [0.15, 0.2) is 121 Å². The number of alkyl carbamates (subject to hydrolysis) is 2. The van der Waals surface area contributed by atoms with E-state index in [9.17, 15) is 23.4 Å². The first kappa shape index (κ1) is 43.2. The van der Waals surface area contributed by atoms with Crippen molar-refractivity contribution in [2.75, 3.05) is 13.1 Å². The maximum Gasteiger partial charge on any atom is 0.408 e. The van der Waals surface area contributed by atoms with E-state index in [4.69, 9.17) is 9.47 Å². The van der Waals surface area contributed by atoms with Gasteiger partial charge in [0, 0.05) is 23.9 Å². The highest BCUT2D eigenvalue weighted by Gasteiger charge is 2.31. The van der Waals surface area contributed by atoms with Gasteiger partial charge < -0.3 is 30.7 Å². The van der Waals surface area contributed by atoms with Gasteiger partial charge in [-0.2, -0.15) is 0 Å². The number of nitrogens with one attached hydrogen (secondary N) is 4. The lowest BCUT2D eigenvalue weighted by atomic mass is 10.0. The normalized spacial score (nSPS) is 13.8. The minimum atomic E-state index is -1.60. The largest absolute Gasteiger partial charge is 0.445 e. The number of carbonyl (C=O) groups is 4. The zero-order chi connectivity index (χ0) is 40.3. The number of carbonyl (C=O) groups excluding carboxylic acids is 4. The fraction of sp³-hybridized carbons (Fsp3) is 0.364. The van der Waals surface area contributed by atoms with E-state index in [1.54, 1.807) is 0 Å². The Morgan fingerprint density at radius 1 is 0.500 bits per heavy atom. The molecule has 0 aliphatic heterocycles. The van der Waals surface area contributed by atoms with E-state index in [0.29, 0.717) is 12.8 Å². The molecular formula is C44H54N4O7S. The van der Waals surface area contributed by atoms with E-state index < -0.39 is 57.4 Å². The Balaban J connectivity index is 1.47. The Bertz CT molecular complexity index is 1700. The van der Waals surface area contributed by atoms with Crippen molar-refractivity contribution in [1.82, 2.24) is 21.3 Å². The first-order chi connectivity index (χ1) is 27.0. The second-order valence-corrected chi connectivity index (χ2v) is 16.3. The summed E-state index contributed by atoms with van der Waals surface area (Å²) >= 11 is 0. The van der Waals surface area contributed by atoms with Crippen molar-refractivity contribution < 1.29 is 32.9 Å². The molecule has 0 saturated carbocycles. The molecule has 4 aromatic carbocycles. The zero-order valence-electron chi connectivity index (χ0n) is 32.5. The molecule has 4 amide bonds. The van der Waals surface area contributed by atoms with Gasteiger partial charge >= 0.3 is 12.2 Å². The van der Waals surface area contributed by atoms with Gasteiger partial charge in [-0.3, -0.25) is 13.8 Å². The Labute approximate surface area is 332 Å². The van der Waals surface area contributed by atoms with Gasteiger partial charge in [0.1, 0.15) is 25.3 Å². The van der Waals surface area contributed by atoms with Gasteiger partial charge in [-0.25, -0.2) is 9.59 Å². The van der Waals surface area contributed by atoms with Crippen LogP contribution in [0.4, 0.5) is 9.59 Å². The predicted octanol–water partition coefficient (Wildman–Crippen LogP) is 6.09. The molecule has 4 rings (SSSR count). The Morgan fingerprint density at radius 2 is 0.804 bits per heavy atom. The van der Waals surface area contributed by atoms with Gasteiger partial charge in [0.05, 0.1) is 10.5 Å².